The van der Waals surface area contributed by atoms with E-state index in [1.54, 1.807) is 11.0 Å². The van der Waals surface area contributed by atoms with Gasteiger partial charge in [-0.2, -0.15) is 5.26 Å². The lowest BCUT2D eigenvalue weighted by atomic mass is 9.72. The molecule has 0 spiro atoms. The van der Waals surface area contributed by atoms with Crippen LogP contribution in [0.4, 0.5) is 4.79 Å². The molecule has 2 heterocycles. The second-order valence-corrected chi connectivity index (χ2v) is 8.52. The van der Waals surface area contributed by atoms with Crippen molar-refractivity contribution in [3.63, 3.8) is 0 Å². The van der Waals surface area contributed by atoms with Crippen molar-refractivity contribution in [2.45, 2.75) is 50.4 Å². The van der Waals surface area contributed by atoms with Gasteiger partial charge < -0.3 is 20.3 Å². The van der Waals surface area contributed by atoms with Crippen LogP contribution in [0.15, 0.2) is 43.0 Å². The minimum Gasteiger partial charge on any atom is -0.445 e. The van der Waals surface area contributed by atoms with Gasteiger partial charge in [0.05, 0.1) is 6.07 Å². The Bertz CT molecular complexity index is 844. The smallest absolute Gasteiger partial charge is 0.408 e. The molecule has 2 aliphatic heterocycles. The highest BCUT2D eigenvalue weighted by Crippen LogP contribution is 2.49. The van der Waals surface area contributed by atoms with Gasteiger partial charge in [0.1, 0.15) is 18.7 Å². The summed E-state index contributed by atoms with van der Waals surface area (Å²) < 4.78 is 5.41. The van der Waals surface area contributed by atoms with Gasteiger partial charge in [0.15, 0.2) is 0 Å². The Kier molecular flexibility index (Phi) is 5.78. The standard InChI is InChI=1S/C23H28N4O3/c1-2-23(8-10-25-11-9-23)20(21(28)27-18(14-24)12-17-13-19(17)27)26-22(29)30-15-16-6-4-3-5-7-16/h2-7,17-20,25H,1,8-13,15H2,(H,26,29)/t17-,18+,19+,20-/m1/s1. The maximum Gasteiger partial charge on any atom is 0.408 e. The Labute approximate surface area is 177 Å². The molecular formula is C23H28N4O3. The van der Waals surface area contributed by atoms with E-state index in [0.717, 1.165) is 31.5 Å². The monoisotopic (exact) mass is 408 g/mol. The maximum absolute atomic E-state index is 13.7. The van der Waals surface area contributed by atoms with Crippen molar-refractivity contribution in [3.8, 4) is 6.07 Å². The summed E-state index contributed by atoms with van der Waals surface area (Å²) >= 11 is 0. The summed E-state index contributed by atoms with van der Waals surface area (Å²) in [6.07, 6.45) is 4.21. The highest BCUT2D eigenvalue weighted by Gasteiger charge is 2.57. The van der Waals surface area contributed by atoms with E-state index >= 15 is 0 Å². The zero-order valence-corrected chi connectivity index (χ0v) is 17.0. The molecule has 0 radical (unpaired) electrons. The molecule has 7 heteroatoms. The van der Waals surface area contributed by atoms with E-state index in [4.69, 9.17) is 4.74 Å². The maximum atomic E-state index is 13.7. The second kappa shape index (κ2) is 8.49. The molecule has 1 aromatic rings. The van der Waals surface area contributed by atoms with Crippen LogP contribution in [0, 0.1) is 22.7 Å². The molecule has 4 rings (SSSR count). The third-order valence-corrected chi connectivity index (χ3v) is 6.75. The number of amides is 2. The predicted molar refractivity (Wildman–Crippen MR) is 111 cm³/mol. The third-order valence-electron chi connectivity index (χ3n) is 6.75. The minimum absolute atomic E-state index is 0.121. The van der Waals surface area contributed by atoms with Crippen LogP contribution < -0.4 is 10.6 Å². The molecule has 0 bridgehead atoms. The van der Waals surface area contributed by atoms with Crippen LogP contribution in [0.1, 0.15) is 31.2 Å². The van der Waals surface area contributed by atoms with E-state index in [1.807, 2.05) is 30.3 Å². The average molecular weight is 409 g/mol. The number of carbonyl (C=O) groups excluding carboxylic acids is 2. The Morgan fingerprint density at radius 2 is 2.07 bits per heavy atom. The first-order chi connectivity index (χ1) is 14.6. The van der Waals surface area contributed by atoms with Crippen LogP contribution in [0.3, 0.4) is 0 Å². The Balaban J connectivity index is 1.52. The molecule has 2 amide bonds. The number of nitrogens with zero attached hydrogens (tertiary/aromatic N) is 2. The van der Waals surface area contributed by atoms with E-state index in [1.165, 1.54) is 0 Å². The summed E-state index contributed by atoms with van der Waals surface area (Å²) in [6, 6.07) is 10.6. The molecule has 158 valence electrons. The number of rotatable bonds is 6. The molecule has 0 unspecified atom stereocenters. The number of likely N-dealkylation sites (tertiary alicyclic amines) is 1. The molecule has 0 aromatic heterocycles. The molecule has 4 atom stereocenters. The Morgan fingerprint density at radius 1 is 1.33 bits per heavy atom. The van der Waals surface area contributed by atoms with E-state index in [9.17, 15) is 14.9 Å². The average Bonchev–Trinajstić information content (AvgIpc) is 3.46. The van der Waals surface area contributed by atoms with Crippen molar-refractivity contribution < 1.29 is 14.3 Å². The summed E-state index contributed by atoms with van der Waals surface area (Å²) in [4.78, 5) is 28.0. The number of ether oxygens (including phenoxy) is 1. The number of benzene rings is 1. The summed E-state index contributed by atoms with van der Waals surface area (Å²) in [5.74, 6) is 0.224. The van der Waals surface area contributed by atoms with Gasteiger partial charge >= 0.3 is 6.09 Å². The Hall–Kier alpha value is -2.85. The Morgan fingerprint density at radius 3 is 2.73 bits per heavy atom. The molecule has 2 saturated heterocycles. The number of piperidine rings is 2. The fourth-order valence-corrected chi connectivity index (χ4v) is 4.87. The van der Waals surface area contributed by atoms with Crippen LogP contribution in [-0.4, -0.2) is 48.1 Å². The summed E-state index contributed by atoms with van der Waals surface area (Å²) in [6.45, 7) is 5.61. The van der Waals surface area contributed by atoms with Gasteiger partial charge in [-0.05, 0) is 50.3 Å². The SMILES string of the molecule is C=CC1([C@H](NC(=O)OCc2ccccc2)C(=O)N2[C@H](C#N)C[C@@H]3C[C@@H]32)CCNCC1. The number of alkyl carbamates (subject to hydrolysis) is 1. The molecule has 1 saturated carbocycles. The largest absolute Gasteiger partial charge is 0.445 e. The van der Waals surface area contributed by atoms with Crippen LogP contribution in [0.5, 0.6) is 0 Å². The van der Waals surface area contributed by atoms with Crippen LogP contribution in [0.25, 0.3) is 0 Å². The van der Waals surface area contributed by atoms with Crippen molar-refractivity contribution in [3.05, 3.63) is 48.6 Å². The lowest BCUT2D eigenvalue weighted by Gasteiger charge is -2.42. The summed E-state index contributed by atoms with van der Waals surface area (Å²) in [5, 5.41) is 15.7. The van der Waals surface area contributed by atoms with Crippen molar-refractivity contribution in [1.82, 2.24) is 15.5 Å². The summed E-state index contributed by atoms with van der Waals surface area (Å²) in [7, 11) is 0. The van der Waals surface area contributed by atoms with Crippen molar-refractivity contribution in [2.75, 3.05) is 13.1 Å². The number of nitriles is 1. The van der Waals surface area contributed by atoms with Crippen molar-refractivity contribution >= 4 is 12.0 Å². The molecule has 7 nitrogen and oxygen atoms in total. The topological polar surface area (TPSA) is 94.5 Å². The lowest BCUT2D eigenvalue weighted by molar-refractivity contribution is -0.137. The van der Waals surface area contributed by atoms with Crippen LogP contribution in [-0.2, 0) is 16.1 Å². The predicted octanol–water partition coefficient (Wildman–Crippen LogP) is 2.35. The van der Waals surface area contributed by atoms with Gasteiger partial charge in [-0.25, -0.2) is 4.79 Å². The van der Waals surface area contributed by atoms with Gasteiger partial charge in [-0.15, -0.1) is 6.58 Å². The van der Waals surface area contributed by atoms with Crippen molar-refractivity contribution in [1.29, 1.82) is 5.26 Å². The highest BCUT2D eigenvalue weighted by molar-refractivity contribution is 5.88. The summed E-state index contributed by atoms with van der Waals surface area (Å²) in [5.41, 5.74) is 0.307. The van der Waals surface area contributed by atoms with E-state index in [2.05, 4.69) is 23.3 Å². The molecule has 30 heavy (non-hydrogen) atoms. The molecule has 3 aliphatic rings. The van der Waals surface area contributed by atoms with E-state index in [-0.39, 0.29) is 18.6 Å². The number of hydrogen-bond acceptors (Lipinski definition) is 5. The molecule has 3 fully saturated rings. The normalized spacial score (nSPS) is 27.3. The van der Waals surface area contributed by atoms with Crippen LogP contribution in [0.2, 0.25) is 0 Å². The van der Waals surface area contributed by atoms with Gasteiger partial charge in [0.2, 0.25) is 5.91 Å². The first-order valence-corrected chi connectivity index (χ1v) is 10.6. The second-order valence-electron chi connectivity index (χ2n) is 8.52. The molecule has 2 N–H and O–H groups in total. The molecule has 1 aromatic carbocycles. The fourth-order valence-electron chi connectivity index (χ4n) is 4.87. The minimum atomic E-state index is -0.796. The lowest BCUT2D eigenvalue weighted by Crippen LogP contribution is -2.60. The van der Waals surface area contributed by atoms with Gasteiger partial charge in [-0.3, -0.25) is 4.79 Å². The van der Waals surface area contributed by atoms with E-state index in [0.29, 0.717) is 18.8 Å². The van der Waals surface area contributed by atoms with E-state index < -0.39 is 23.6 Å². The number of nitrogens with one attached hydrogen (secondary N) is 2. The van der Waals surface area contributed by atoms with Crippen molar-refractivity contribution in [2.24, 2.45) is 11.3 Å². The first-order valence-electron chi connectivity index (χ1n) is 10.6. The highest BCUT2D eigenvalue weighted by atomic mass is 16.5. The number of fused-ring (bicyclic) bond motifs is 1. The zero-order valence-electron chi connectivity index (χ0n) is 17.0. The third kappa shape index (κ3) is 3.92. The number of carbonyl (C=O) groups is 2. The zero-order chi connectivity index (χ0) is 21.1. The van der Waals surface area contributed by atoms with Gasteiger partial charge in [0, 0.05) is 11.5 Å². The van der Waals surface area contributed by atoms with Gasteiger partial charge in [-0.1, -0.05) is 36.4 Å². The molecular weight excluding hydrogens is 380 g/mol. The van der Waals surface area contributed by atoms with Gasteiger partial charge in [0.25, 0.3) is 0 Å². The van der Waals surface area contributed by atoms with Crippen LogP contribution >= 0.6 is 0 Å². The first kappa shape index (κ1) is 20.4. The number of hydrogen-bond donors (Lipinski definition) is 2. The molecule has 1 aliphatic carbocycles. The fraction of sp³-hybridized carbons (Fsp3) is 0.522. The quantitative estimate of drug-likeness (QED) is 0.705.